The zero-order chi connectivity index (χ0) is 15.7. The molecule has 0 aliphatic heterocycles. The fourth-order valence-corrected chi connectivity index (χ4v) is 2.36. The Morgan fingerprint density at radius 3 is 2.57 bits per heavy atom. The third-order valence-electron chi connectivity index (χ3n) is 3.89. The van der Waals surface area contributed by atoms with Crippen LogP contribution in [0.5, 0.6) is 0 Å². The minimum absolute atomic E-state index is 0.385. The summed E-state index contributed by atoms with van der Waals surface area (Å²) in [4.78, 5) is 2.35. The van der Waals surface area contributed by atoms with Gasteiger partial charge in [0.15, 0.2) is 0 Å². The normalized spacial score (nSPS) is 12.9. The van der Waals surface area contributed by atoms with Crippen molar-refractivity contribution >= 4 is 0 Å². The lowest BCUT2D eigenvalue weighted by Crippen LogP contribution is -2.35. The molecule has 1 rings (SSSR count). The van der Waals surface area contributed by atoms with E-state index in [9.17, 15) is 0 Å². The fourth-order valence-electron chi connectivity index (χ4n) is 2.36. The van der Waals surface area contributed by atoms with Gasteiger partial charge in [0.1, 0.15) is 0 Å². The van der Waals surface area contributed by atoms with Gasteiger partial charge in [-0.3, -0.25) is 0 Å². The molecule has 0 saturated carbocycles. The van der Waals surface area contributed by atoms with Crippen molar-refractivity contribution in [2.75, 3.05) is 39.9 Å². The smallest absolute Gasteiger partial charge is 0.0593 e. The molecular formula is C18H32N2O. The molecule has 0 aliphatic carbocycles. The van der Waals surface area contributed by atoms with Gasteiger partial charge in [-0.2, -0.15) is 0 Å². The average Bonchev–Trinajstić information content (AvgIpc) is 2.46. The molecule has 0 fully saturated rings. The highest BCUT2D eigenvalue weighted by molar-refractivity contribution is 5.31. The molecule has 120 valence electrons. The van der Waals surface area contributed by atoms with E-state index in [0.29, 0.717) is 6.04 Å². The highest BCUT2D eigenvalue weighted by atomic mass is 16.5. The minimum Gasteiger partial charge on any atom is -0.380 e. The van der Waals surface area contributed by atoms with E-state index < -0.39 is 0 Å². The Hall–Kier alpha value is -0.900. The van der Waals surface area contributed by atoms with Crippen LogP contribution in [0.3, 0.4) is 0 Å². The SMILES string of the molecule is CCCNC(CN(C)CCOCC)c1ccc(C)c(C)c1. The second-order valence-corrected chi connectivity index (χ2v) is 5.81. The van der Waals surface area contributed by atoms with Crippen LogP contribution in [0.4, 0.5) is 0 Å². The molecular weight excluding hydrogens is 260 g/mol. The maximum atomic E-state index is 5.45. The number of rotatable bonds is 10. The molecule has 3 nitrogen and oxygen atoms in total. The molecule has 1 unspecified atom stereocenters. The molecule has 0 bridgehead atoms. The summed E-state index contributed by atoms with van der Waals surface area (Å²) in [6.07, 6.45) is 1.16. The van der Waals surface area contributed by atoms with Crippen molar-refractivity contribution in [3.63, 3.8) is 0 Å². The fraction of sp³-hybridized carbons (Fsp3) is 0.667. The lowest BCUT2D eigenvalue weighted by Gasteiger charge is -2.26. The highest BCUT2D eigenvalue weighted by Crippen LogP contribution is 2.18. The lowest BCUT2D eigenvalue weighted by atomic mass is 10.0. The zero-order valence-electron chi connectivity index (χ0n) is 14.4. The Labute approximate surface area is 130 Å². The number of benzene rings is 1. The molecule has 1 aromatic rings. The van der Waals surface area contributed by atoms with Crippen molar-refractivity contribution in [1.29, 1.82) is 0 Å². The maximum Gasteiger partial charge on any atom is 0.0593 e. The first-order chi connectivity index (χ1) is 10.1. The Morgan fingerprint density at radius 1 is 1.19 bits per heavy atom. The Bertz CT molecular complexity index is 406. The van der Waals surface area contributed by atoms with Gasteiger partial charge < -0.3 is 15.0 Å². The molecule has 3 heteroatoms. The van der Waals surface area contributed by atoms with E-state index in [2.05, 4.69) is 56.2 Å². The summed E-state index contributed by atoms with van der Waals surface area (Å²) in [7, 11) is 2.17. The molecule has 21 heavy (non-hydrogen) atoms. The third-order valence-corrected chi connectivity index (χ3v) is 3.89. The summed E-state index contributed by atoms with van der Waals surface area (Å²) in [6, 6.07) is 7.19. The number of ether oxygens (including phenoxy) is 1. The number of nitrogens with zero attached hydrogens (tertiary/aromatic N) is 1. The molecule has 0 aliphatic rings. The summed E-state index contributed by atoms with van der Waals surface area (Å²) in [6.45, 7) is 13.2. The van der Waals surface area contributed by atoms with Crippen LogP contribution in [-0.2, 0) is 4.74 Å². The van der Waals surface area contributed by atoms with Crippen molar-refractivity contribution in [3.05, 3.63) is 34.9 Å². The van der Waals surface area contributed by atoms with Gasteiger partial charge in [-0.15, -0.1) is 0 Å². The largest absolute Gasteiger partial charge is 0.380 e. The van der Waals surface area contributed by atoms with Crippen LogP contribution < -0.4 is 5.32 Å². The summed E-state index contributed by atoms with van der Waals surface area (Å²) in [5, 5.41) is 3.67. The first-order valence-electron chi connectivity index (χ1n) is 8.15. The van der Waals surface area contributed by atoms with Crippen molar-refractivity contribution in [2.45, 2.75) is 40.2 Å². The van der Waals surface area contributed by atoms with E-state index >= 15 is 0 Å². The Kier molecular flexibility index (Phi) is 8.58. The van der Waals surface area contributed by atoms with E-state index in [1.807, 2.05) is 6.92 Å². The van der Waals surface area contributed by atoms with Crippen molar-refractivity contribution in [2.24, 2.45) is 0 Å². The number of aryl methyl sites for hydroxylation is 2. The van der Waals surface area contributed by atoms with Gasteiger partial charge in [0.05, 0.1) is 6.61 Å². The molecule has 1 N–H and O–H groups in total. The maximum absolute atomic E-state index is 5.45. The highest BCUT2D eigenvalue weighted by Gasteiger charge is 2.13. The van der Waals surface area contributed by atoms with Crippen LogP contribution in [-0.4, -0.2) is 44.8 Å². The third kappa shape index (κ3) is 6.60. The van der Waals surface area contributed by atoms with E-state index in [0.717, 1.165) is 39.3 Å². The van der Waals surface area contributed by atoms with Gasteiger partial charge in [-0.25, -0.2) is 0 Å². The number of likely N-dealkylation sites (N-methyl/N-ethyl adjacent to an activating group) is 1. The Morgan fingerprint density at radius 2 is 1.95 bits per heavy atom. The molecule has 0 radical (unpaired) electrons. The van der Waals surface area contributed by atoms with Gasteiger partial charge in [0.25, 0.3) is 0 Å². The molecule has 1 aromatic carbocycles. The molecule has 0 heterocycles. The van der Waals surface area contributed by atoms with Crippen LogP contribution in [0, 0.1) is 13.8 Å². The second kappa shape index (κ2) is 9.93. The summed E-state index contributed by atoms with van der Waals surface area (Å²) < 4.78 is 5.45. The van der Waals surface area contributed by atoms with Gasteiger partial charge >= 0.3 is 0 Å². The van der Waals surface area contributed by atoms with E-state index in [4.69, 9.17) is 4.74 Å². The standard InChI is InChI=1S/C18H32N2O/c1-6-10-19-18(14-20(5)11-12-21-7-2)17-9-8-15(3)16(4)13-17/h8-9,13,18-19H,6-7,10-12,14H2,1-5H3. The second-order valence-electron chi connectivity index (χ2n) is 5.81. The first kappa shape index (κ1) is 18.1. The van der Waals surface area contributed by atoms with Crippen LogP contribution in [0.2, 0.25) is 0 Å². The van der Waals surface area contributed by atoms with Crippen molar-refractivity contribution in [1.82, 2.24) is 10.2 Å². The summed E-state index contributed by atoms with van der Waals surface area (Å²) in [5.74, 6) is 0. The van der Waals surface area contributed by atoms with Gasteiger partial charge in [-0.1, -0.05) is 25.1 Å². The van der Waals surface area contributed by atoms with E-state index in [-0.39, 0.29) is 0 Å². The molecule has 0 aromatic heterocycles. The van der Waals surface area contributed by atoms with Crippen LogP contribution in [0.1, 0.15) is 43.0 Å². The summed E-state index contributed by atoms with van der Waals surface area (Å²) >= 11 is 0. The minimum atomic E-state index is 0.385. The van der Waals surface area contributed by atoms with Crippen molar-refractivity contribution < 1.29 is 4.74 Å². The monoisotopic (exact) mass is 292 g/mol. The predicted octanol–water partition coefficient (Wildman–Crippen LogP) is 3.31. The molecule has 1 atom stereocenters. The number of hydrogen-bond acceptors (Lipinski definition) is 3. The zero-order valence-corrected chi connectivity index (χ0v) is 14.4. The summed E-state index contributed by atoms with van der Waals surface area (Å²) in [5.41, 5.74) is 4.11. The average molecular weight is 292 g/mol. The van der Waals surface area contributed by atoms with E-state index in [1.165, 1.54) is 16.7 Å². The number of nitrogens with one attached hydrogen (secondary N) is 1. The predicted molar refractivity (Wildman–Crippen MR) is 90.9 cm³/mol. The topological polar surface area (TPSA) is 24.5 Å². The van der Waals surface area contributed by atoms with Gasteiger partial charge in [0.2, 0.25) is 0 Å². The van der Waals surface area contributed by atoms with Crippen LogP contribution in [0.25, 0.3) is 0 Å². The Balaban J connectivity index is 2.67. The first-order valence-corrected chi connectivity index (χ1v) is 8.15. The van der Waals surface area contributed by atoms with Gasteiger partial charge in [0, 0.05) is 25.7 Å². The molecule has 0 saturated heterocycles. The van der Waals surface area contributed by atoms with Gasteiger partial charge in [-0.05, 0) is 57.5 Å². The lowest BCUT2D eigenvalue weighted by molar-refractivity contribution is 0.119. The van der Waals surface area contributed by atoms with E-state index in [1.54, 1.807) is 0 Å². The molecule has 0 amide bonds. The molecule has 0 spiro atoms. The van der Waals surface area contributed by atoms with Crippen LogP contribution in [0.15, 0.2) is 18.2 Å². The van der Waals surface area contributed by atoms with Crippen molar-refractivity contribution in [3.8, 4) is 0 Å². The van der Waals surface area contributed by atoms with Crippen LogP contribution >= 0.6 is 0 Å². The number of hydrogen-bond donors (Lipinski definition) is 1. The quantitative estimate of drug-likeness (QED) is 0.670.